The molecule has 0 fully saturated rings. The van der Waals surface area contributed by atoms with Crippen LogP contribution in [0.1, 0.15) is 41.3 Å². The molecule has 2 aromatic rings. The van der Waals surface area contributed by atoms with Crippen LogP contribution in [0.5, 0.6) is 0 Å². The number of esters is 1. The Morgan fingerprint density at radius 1 is 1.08 bits per heavy atom. The number of amides is 1. The van der Waals surface area contributed by atoms with E-state index in [-0.39, 0.29) is 17.7 Å². The van der Waals surface area contributed by atoms with Gasteiger partial charge in [0.2, 0.25) is 5.91 Å². The van der Waals surface area contributed by atoms with Gasteiger partial charge in [0.05, 0.1) is 18.6 Å². The van der Waals surface area contributed by atoms with Gasteiger partial charge in [0.25, 0.3) is 0 Å². The Morgan fingerprint density at radius 2 is 1.72 bits per heavy atom. The van der Waals surface area contributed by atoms with Crippen LogP contribution in [0.25, 0.3) is 0 Å². The normalized spacial score (nSPS) is 11.9. The van der Waals surface area contributed by atoms with Gasteiger partial charge < -0.3 is 10.1 Å². The standard InChI is InChI=1S/C20H22ClNO3/c1-12(2)18(14-8-10-15(21)11-9-14)19(23)22-17-7-5-6-16(13(17)3)20(24)25-4/h5-12,18H,1-4H3,(H,22,23). The molecule has 132 valence electrons. The number of hydrogen-bond donors (Lipinski definition) is 1. The number of carbonyl (C=O) groups is 2. The Bertz CT molecular complexity index is 769. The van der Waals surface area contributed by atoms with Crippen LogP contribution in [0, 0.1) is 12.8 Å². The second kappa shape index (κ2) is 8.17. The van der Waals surface area contributed by atoms with Crippen LogP contribution < -0.4 is 5.32 Å². The van der Waals surface area contributed by atoms with Gasteiger partial charge >= 0.3 is 5.97 Å². The van der Waals surface area contributed by atoms with E-state index >= 15 is 0 Å². The highest BCUT2D eigenvalue weighted by Crippen LogP contribution is 2.28. The van der Waals surface area contributed by atoms with E-state index in [1.807, 2.05) is 26.0 Å². The maximum Gasteiger partial charge on any atom is 0.338 e. The van der Waals surface area contributed by atoms with Crippen molar-refractivity contribution in [2.45, 2.75) is 26.7 Å². The Labute approximate surface area is 153 Å². The van der Waals surface area contributed by atoms with Gasteiger partial charge in [0, 0.05) is 10.7 Å². The van der Waals surface area contributed by atoms with Crippen molar-refractivity contribution >= 4 is 29.2 Å². The second-order valence-corrected chi connectivity index (χ2v) is 6.67. The molecular weight excluding hydrogens is 338 g/mol. The minimum Gasteiger partial charge on any atom is -0.465 e. The molecule has 0 aromatic heterocycles. The largest absolute Gasteiger partial charge is 0.465 e. The first kappa shape index (κ1) is 19.0. The van der Waals surface area contributed by atoms with Crippen molar-refractivity contribution in [1.29, 1.82) is 0 Å². The maximum atomic E-state index is 12.9. The highest BCUT2D eigenvalue weighted by molar-refractivity contribution is 6.30. The molecule has 0 bridgehead atoms. The second-order valence-electron chi connectivity index (χ2n) is 6.23. The third-order valence-corrected chi connectivity index (χ3v) is 4.43. The van der Waals surface area contributed by atoms with Crippen LogP contribution in [-0.4, -0.2) is 19.0 Å². The van der Waals surface area contributed by atoms with Gasteiger partial charge in [-0.1, -0.05) is 43.6 Å². The number of anilines is 1. The van der Waals surface area contributed by atoms with E-state index in [4.69, 9.17) is 16.3 Å². The lowest BCUT2D eigenvalue weighted by molar-refractivity contribution is -0.118. The molecular formula is C20H22ClNO3. The van der Waals surface area contributed by atoms with Crippen molar-refractivity contribution in [1.82, 2.24) is 0 Å². The molecule has 0 aliphatic rings. The van der Waals surface area contributed by atoms with Crippen LogP contribution in [0.15, 0.2) is 42.5 Å². The summed E-state index contributed by atoms with van der Waals surface area (Å²) in [5.41, 5.74) is 2.63. The summed E-state index contributed by atoms with van der Waals surface area (Å²) in [6.07, 6.45) is 0. The fourth-order valence-corrected chi connectivity index (χ4v) is 2.95. The number of hydrogen-bond acceptors (Lipinski definition) is 3. The predicted molar refractivity (Wildman–Crippen MR) is 100 cm³/mol. The fraction of sp³-hybridized carbons (Fsp3) is 0.300. The van der Waals surface area contributed by atoms with E-state index in [1.54, 1.807) is 37.3 Å². The van der Waals surface area contributed by atoms with Gasteiger partial charge in [-0.25, -0.2) is 4.79 Å². The van der Waals surface area contributed by atoms with Crippen LogP contribution in [0.2, 0.25) is 5.02 Å². The number of rotatable bonds is 5. The molecule has 1 atom stereocenters. The Hall–Kier alpha value is -2.33. The SMILES string of the molecule is COC(=O)c1cccc(NC(=O)C(c2ccc(Cl)cc2)C(C)C)c1C. The van der Waals surface area contributed by atoms with E-state index in [0.29, 0.717) is 21.8 Å². The van der Waals surface area contributed by atoms with Crippen molar-refractivity contribution in [3.63, 3.8) is 0 Å². The number of benzene rings is 2. The van der Waals surface area contributed by atoms with Gasteiger partial charge in [-0.15, -0.1) is 0 Å². The number of carbonyl (C=O) groups excluding carboxylic acids is 2. The van der Waals surface area contributed by atoms with Gasteiger partial charge in [0.15, 0.2) is 0 Å². The zero-order valence-corrected chi connectivity index (χ0v) is 15.6. The average molecular weight is 360 g/mol. The third-order valence-electron chi connectivity index (χ3n) is 4.18. The third kappa shape index (κ3) is 4.40. The van der Waals surface area contributed by atoms with Gasteiger partial charge in [0.1, 0.15) is 0 Å². The lowest BCUT2D eigenvalue weighted by Gasteiger charge is -2.22. The molecule has 0 aliphatic heterocycles. The molecule has 4 nitrogen and oxygen atoms in total. The predicted octanol–water partition coefficient (Wildman–Crippen LogP) is 4.81. The first-order valence-corrected chi connectivity index (χ1v) is 8.47. The molecule has 0 aliphatic carbocycles. The minimum absolute atomic E-state index is 0.102. The summed E-state index contributed by atoms with van der Waals surface area (Å²) >= 11 is 5.94. The van der Waals surface area contributed by atoms with Gasteiger partial charge in [-0.3, -0.25) is 4.79 Å². The van der Waals surface area contributed by atoms with E-state index in [0.717, 1.165) is 5.56 Å². The minimum atomic E-state index is -0.424. The monoisotopic (exact) mass is 359 g/mol. The summed E-state index contributed by atoms with van der Waals surface area (Å²) in [6.45, 7) is 5.78. The number of ether oxygens (including phenoxy) is 1. The first-order valence-electron chi connectivity index (χ1n) is 8.09. The maximum absolute atomic E-state index is 12.9. The van der Waals surface area contributed by atoms with Gasteiger partial charge in [-0.2, -0.15) is 0 Å². The summed E-state index contributed by atoms with van der Waals surface area (Å²) in [5, 5.41) is 3.58. The van der Waals surface area contributed by atoms with E-state index in [1.165, 1.54) is 7.11 Å². The first-order chi connectivity index (χ1) is 11.8. The van der Waals surface area contributed by atoms with Crippen LogP contribution in [0.3, 0.4) is 0 Å². The molecule has 2 aromatic carbocycles. The summed E-state index contributed by atoms with van der Waals surface area (Å²) < 4.78 is 4.78. The quantitative estimate of drug-likeness (QED) is 0.779. The molecule has 5 heteroatoms. The number of nitrogens with one attached hydrogen (secondary N) is 1. The van der Waals surface area contributed by atoms with Crippen molar-refractivity contribution in [2.24, 2.45) is 5.92 Å². The molecule has 1 amide bonds. The molecule has 0 heterocycles. The van der Waals surface area contributed by atoms with Crippen LogP contribution >= 0.6 is 11.6 Å². The lowest BCUT2D eigenvalue weighted by atomic mass is 9.87. The molecule has 0 saturated carbocycles. The van der Waals surface area contributed by atoms with Crippen LogP contribution in [0.4, 0.5) is 5.69 Å². The Balaban J connectivity index is 2.30. The highest BCUT2D eigenvalue weighted by atomic mass is 35.5. The summed E-state index contributed by atoms with van der Waals surface area (Å²) in [5.74, 6) is -0.766. The Kier molecular flexibility index (Phi) is 6.21. The zero-order valence-electron chi connectivity index (χ0n) is 14.8. The number of halogens is 1. The zero-order chi connectivity index (χ0) is 18.6. The van der Waals surface area contributed by atoms with Crippen molar-refractivity contribution < 1.29 is 14.3 Å². The molecule has 0 spiro atoms. The fourth-order valence-electron chi connectivity index (χ4n) is 2.82. The number of methoxy groups -OCH3 is 1. The summed E-state index contributed by atoms with van der Waals surface area (Å²) in [7, 11) is 1.34. The van der Waals surface area contributed by atoms with E-state index in [9.17, 15) is 9.59 Å². The molecule has 0 radical (unpaired) electrons. The lowest BCUT2D eigenvalue weighted by Crippen LogP contribution is -2.25. The topological polar surface area (TPSA) is 55.4 Å². The Morgan fingerprint density at radius 3 is 2.28 bits per heavy atom. The van der Waals surface area contributed by atoms with E-state index in [2.05, 4.69) is 5.32 Å². The van der Waals surface area contributed by atoms with Crippen molar-refractivity contribution in [3.8, 4) is 0 Å². The smallest absolute Gasteiger partial charge is 0.338 e. The molecule has 2 rings (SSSR count). The van der Waals surface area contributed by atoms with Gasteiger partial charge in [-0.05, 0) is 48.2 Å². The summed E-state index contributed by atoms with van der Waals surface area (Å²) in [6, 6.07) is 12.5. The molecule has 25 heavy (non-hydrogen) atoms. The van der Waals surface area contributed by atoms with E-state index < -0.39 is 5.97 Å². The highest BCUT2D eigenvalue weighted by Gasteiger charge is 2.25. The summed E-state index contributed by atoms with van der Waals surface area (Å²) in [4.78, 5) is 24.7. The van der Waals surface area contributed by atoms with Crippen LogP contribution in [-0.2, 0) is 9.53 Å². The van der Waals surface area contributed by atoms with Crippen molar-refractivity contribution in [2.75, 3.05) is 12.4 Å². The molecule has 1 unspecified atom stereocenters. The molecule has 0 saturated heterocycles. The average Bonchev–Trinajstić information content (AvgIpc) is 2.57. The molecule has 1 N–H and O–H groups in total. The van der Waals surface area contributed by atoms with Crippen molar-refractivity contribution in [3.05, 3.63) is 64.2 Å².